The number of oxazole rings is 1. The van der Waals surface area contributed by atoms with Crippen molar-refractivity contribution in [3.05, 3.63) is 28.6 Å². The van der Waals surface area contributed by atoms with Crippen LogP contribution >= 0.6 is 11.3 Å². The smallest absolute Gasteiger partial charge is 0.418 e. The van der Waals surface area contributed by atoms with Gasteiger partial charge in [-0.25, -0.2) is 9.78 Å². The molecule has 3 unspecified atom stereocenters. The summed E-state index contributed by atoms with van der Waals surface area (Å²) < 4.78 is 53.5. The summed E-state index contributed by atoms with van der Waals surface area (Å²) >= 11 is 1.34. The molecule has 3 atom stereocenters. The van der Waals surface area contributed by atoms with E-state index in [1.165, 1.54) is 28.4 Å². The van der Waals surface area contributed by atoms with Gasteiger partial charge in [0.2, 0.25) is 0 Å². The number of aromatic nitrogens is 2. The number of aliphatic hydroxyl groups is 1. The van der Waals surface area contributed by atoms with Gasteiger partial charge in [0.05, 0.1) is 35.5 Å². The molecule has 35 heavy (non-hydrogen) atoms. The Bertz CT molecular complexity index is 1260. The molecule has 2 aromatic heterocycles. The van der Waals surface area contributed by atoms with Crippen molar-refractivity contribution in [3.8, 4) is 11.3 Å². The number of thiazole rings is 1. The quantitative estimate of drug-likeness (QED) is 0.511. The SMILES string of the molecule is O=C(O)N1C2CC1CN(c1nc3c(C(OCC4(O)CC4)C(F)(F)F)ccc(-c4cscn4)c3o1)C2. The van der Waals surface area contributed by atoms with E-state index < -0.39 is 30.6 Å². The summed E-state index contributed by atoms with van der Waals surface area (Å²) in [5, 5.41) is 21.2. The van der Waals surface area contributed by atoms with E-state index >= 15 is 0 Å². The minimum Gasteiger partial charge on any atom is -0.465 e. The molecule has 3 aliphatic heterocycles. The molecule has 7 rings (SSSR count). The molecular formula is C22H21F3N4O5S. The van der Waals surface area contributed by atoms with Gasteiger partial charge in [-0.2, -0.15) is 18.2 Å². The van der Waals surface area contributed by atoms with E-state index in [1.54, 1.807) is 15.8 Å². The van der Waals surface area contributed by atoms with E-state index in [0.717, 1.165) is 6.42 Å². The molecular weight excluding hydrogens is 489 g/mol. The molecule has 0 spiro atoms. The van der Waals surface area contributed by atoms with E-state index in [2.05, 4.69) is 9.97 Å². The predicted octanol–water partition coefficient (Wildman–Crippen LogP) is 4.04. The lowest BCUT2D eigenvalue weighted by Crippen LogP contribution is -2.70. The summed E-state index contributed by atoms with van der Waals surface area (Å²) in [6.45, 7) is 0.240. The Labute approximate surface area is 200 Å². The second-order valence-electron chi connectivity index (χ2n) is 9.35. The van der Waals surface area contributed by atoms with Gasteiger partial charge in [-0.05, 0) is 25.3 Å². The number of halogens is 3. The minimum absolute atomic E-state index is 0.00458. The van der Waals surface area contributed by atoms with Gasteiger partial charge in [0.1, 0.15) is 5.52 Å². The van der Waals surface area contributed by atoms with Gasteiger partial charge < -0.3 is 24.3 Å². The first-order valence-corrected chi connectivity index (χ1v) is 12.1. The number of carboxylic acid groups (broad SMARTS) is 1. The Morgan fingerprint density at radius 2 is 2.06 bits per heavy atom. The first-order chi connectivity index (χ1) is 16.6. The molecule has 186 valence electrons. The Morgan fingerprint density at radius 3 is 2.66 bits per heavy atom. The zero-order valence-corrected chi connectivity index (χ0v) is 19.1. The largest absolute Gasteiger partial charge is 0.465 e. The number of piperidine rings is 1. The molecule has 2 bridgehead atoms. The van der Waals surface area contributed by atoms with Crippen LogP contribution in [0.2, 0.25) is 0 Å². The summed E-state index contributed by atoms with van der Waals surface area (Å²) in [6, 6.07) is 2.52. The number of fused-ring (bicyclic) bond motifs is 3. The van der Waals surface area contributed by atoms with E-state index in [1.807, 2.05) is 0 Å². The van der Waals surface area contributed by atoms with Crippen LogP contribution in [0, 0.1) is 0 Å². The van der Waals surface area contributed by atoms with Crippen LogP contribution in [0.4, 0.5) is 24.0 Å². The molecule has 13 heteroatoms. The van der Waals surface area contributed by atoms with Crippen LogP contribution < -0.4 is 4.90 Å². The van der Waals surface area contributed by atoms with E-state index in [-0.39, 0.29) is 34.8 Å². The average Bonchev–Trinajstić information content (AvgIpc) is 3.19. The van der Waals surface area contributed by atoms with Crippen LogP contribution in [0.5, 0.6) is 0 Å². The summed E-state index contributed by atoms with van der Waals surface area (Å²) in [4.78, 5) is 23.3. The molecule has 4 aliphatic rings. The molecule has 1 aromatic carbocycles. The van der Waals surface area contributed by atoms with Crippen LogP contribution in [0.25, 0.3) is 22.4 Å². The highest BCUT2D eigenvalue weighted by Crippen LogP contribution is 2.45. The number of anilines is 1. The van der Waals surface area contributed by atoms with Crippen molar-refractivity contribution in [3.63, 3.8) is 0 Å². The Morgan fingerprint density at radius 1 is 1.31 bits per heavy atom. The van der Waals surface area contributed by atoms with Gasteiger partial charge in [0.15, 0.2) is 11.7 Å². The van der Waals surface area contributed by atoms with Crippen molar-refractivity contribution in [2.24, 2.45) is 0 Å². The molecule has 9 nitrogen and oxygen atoms in total. The zero-order valence-electron chi connectivity index (χ0n) is 18.2. The third-order valence-electron chi connectivity index (χ3n) is 6.88. The molecule has 5 heterocycles. The number of amides is 1. The number of hydrogen-bond acceptors (Lipinski definition) is 8. The van der Waals surface area contributed by atoms with Gasteiger partial charge in [0, 0.05) is 29.6 Å². The number of ether oxygens (including phenoxy) is 1. The maximum absolute atomic E-state index is 14.1. The number of alkyl halides is 3. The summed E-state index contributed by atoms with van der Waals surface area (Å²) in [5.41, 5.74) is 1.39. The normalized spacial score (nSPS) is 23.9. The summed E-state index contributed by atoms with van der Waals surface area (Å²) in [7, 11) is 0. The minimum atomic E-state index is -4.74. The predicted molar refractivity (Wildman–Crippen MR) is 118 cm³/mol. The highest BCUT2D eigenvalue weighted by atomic mass is 32.1. The Balaban J connectivity index is 1.41. The lowest BCUT2D eigenvalue weighted by atomic mass is 9.88. The third kappa shape index (κ3) is 3.91. The van der Waals surface area contributed by atoms with Crippen LogP contribution in [0.3, 0.4) is 0 Å². The first-order valence-electron chi connectivity index (χ1n) is 11.1. The topological polar surface area (TPSA) is 112 Å². The number of piperazine rings is 1. The van der Waals surface area contributed by atoms with Crippen LogP contribution in [0.1, 0.15) is 30.9 Å². The molecule has 3 aromatic rings. The second-order valence-corrected chi connectivity index (χ2v) is 10.1. The maximum Gasteiger partial charge on any atom is 0.418 e. The van der Waals surface area contributed by atoms with Crippen molar-refractivity contribution >= 4 is 34.5 Å². The van der Waals surface area contributed by atoms with Crippen LogP contribution in [0.15, 0.2) is 27.4 Å². The first kappa shape index (κ1) is 22.6. The van der Waals surface area contributed by atoms with Crippen molar-refractivity contribution in [2.75, 3.05) is 24.6 Å². The van der Waals surface area contributed by atoms with E-state index in [4.69, 9.17) is 9.15 Å². The second kappa shape index (κ2) is 7.80. The van der Waals surface area contributed by atoms with Crippen molar-refractivity contribution in [1.29, 1.82) is 0 Å². The Kier molecular flexibility index (Phi) is 5.03. The van der Waals surface area contributed by atoms with Crippen molar-refractivity contribution in [2.45, 2.75) is 49.2 Å². The maximum atomic E-state index is 14.1. The molecule has 2 N–H and O–H groups in total. The van der Waals surface area contributed by atoms with Gasteiger partial charge in [-0.1, -0.05) is 6.07 Å². The van der Waals surface area contributed by atoms with Gasteiger partial charge >= 0.3 is 12.3 Å². The monoisotopic (exact) mass is 510 g/mol. The van der Waals surface area contributed by atoms with Gasteiger partial charge in [-0.15, -0.1) is 11.3 Å². The highest BCUT2D eigenvalue weighted by molar-refractivity contribution is 7.07. The van der Waals surface area contributed by atoms with Crippen LogP contribution in [-0.4, -0.2) is 74.7 Å². The van der Waals surface area contributed by atoms with Crippen LogP contribution in [-0.2, 0) is 4.74 Å². The molecule has 3 saturated heterocycles. The number of nitrogens with zero attached hydrogens (tertiary/aromatic N) is 4. The zero-order chi connectivity index (χ0) is 24.5. The lowest BCUT2D eigenvalue weighted by Gasteiger charge is -2.54. The highest BCUT2D eigenvalue weighted by Gasteiger charge is 2.50. The number of benzene rings is 1. The van der Waals surface area contributed by atoms with Crippen molar-refractivity contribution < 1.29 is 37.3 Å². The molecule has 0 radical (unpaired) electrons. The fourth-order valence-corrected chi connectivity index (χ4v) is 5.43. The number of rotatable bonds is 6. The summed E-state index contributed by atoms with van der Waals surface area (Å²) in [6.07, 6.45) is -6.50. The molecule has 1 saturated carbocycles. The van der Waals surface area contributed by atoms with Gasteiger partial charge in [0.25, 0.3) is 6.01 Å². The molecule has 1 amide bonds. The molecule has 4 fully saturated rings. The number of hydrogen-bond donors (Lipinski definition) is 2. The van der Waals surface area contributed by atoms with E-state index in [0.29, 0.717) is 37.2 Å². The van der Waals surface area contributed by atoms with Crippen molar-refractivity contribution in [1.82, 2.24) is 14.9 Å². The lowest BCUT2D eigenvalue weighted by molar-refractivity contribution is -0.230. The Hall–Kier alpha value is -2.90. The van der Waals surface area contributed by atoms with E-state index in [9.17, 15) is 28.2 Å². The van der Waals surface area contributed by atoms with Gasteiger partial charge in [-0.3, -0.25) is 4.90 Å². The molecule has 1 aliphatic carbocycles. The number of carbonyl (C=O) groups is 1. The fraction of sp³-hybridized carbons (Fsp3) is 0.500. The standard InChI is InChI=1S/C22H21F3N4O5S/c23-22(24,25)18(33-9-21(32)3-4-21)14-2-1-13(15-8-35-10-26-15)17-16(14)27-19(34-17)28-6-11-5-12(7-28)29(11)20(30)31/h1-2,8,10-12,18,32H,3-7,9H2,(H,30,31). The summed E-state index contributed by atoms with van der Waals surface area (Å²) in [5.74, 6) is 0. The average molecular weight is 510 g/mol. The fourth-order valence-electron chi connectivity index (χ4n) is 4.87. The third-order valence-corrected chi connectivity index (χ3v) is 7.47.